The fourth-order valence-corrected chi connectivity index (χ4v) is 4.10. The molecule has 1 aromatic carbocycles. The highest BCUT2D eigenvalue weighted by atomic mass is 28.3. The van der Waals surface area contributed by atoms with Crippen molar-refractivity contribution in [2.45, 2.75) is 38.7 Å². The molecule has 0 aliphatic rings. The summed E-state index contributed by atoms with van der Waals surface area (Å²) in [5.41, 5.74) is -0.978. The summed E-state index contributed by atoms with van der Waals surface area (Å²) in [6.07, 6.45) is -4.34. The molecule has 1 atom stereocenters. The fraction of sp³-hybridized carbons (Fsp3) is 0.500. The first kappa shape index (κ1) is 16.8. The SMILES string of the molecule is CCOC(=O)[C@H](C)[Si](C)(C)c1ccc(C(F)(F)F)cc1. The summed E-state index contributed by atoms with van der Waals surface area (Å²) >= 11 is 0. The van der Waals surface area contributed by atoms with Gasteiger partial charge in [0.05, 0.1) is 25.8 Å². The molecule has 0 fully saturated rings. The molecule has 112 valence electrons. The highest BCUT2D eigenvalue weighted by molar-refractivity contribution is 6.93. The van der Waals surface area contributed by atoms with Gasteiger partial charge in [0, 0.05) is 0 Å². The van der Waals surface area contributed by atoms with Gasteiger partial charge in [-0.15, -0.1) is 0 Å². The summed E-state index contributed by atoms with van der Waals surface area (Å²) < 4.78 is 42.6. The smallest absolute Gasteiger partial charge is 0.416 e. The standard InChI is InChI=1S/C14H19F3O2Si/c1-5-19-13(18)10(2)20(3,4)12-8-6-11(7-9-12)14(15,16)17/h6-10H,5H2,1-4H3/t10-/m0/s1. The Morgan fingerprint density at radius 1 is 1.25 bits per heavy atom. The van der Waals surface area contributed by atoms with Crippen molar-refractivity contribution >= 4 is 19.2 Å². The van der Waals surface area contributed by atoms with Crippen LogP contribution < -0.4 is 5.19 Å². The van der Waals surface area contributed by atoms with Crippen LogP contribution >= 0.6 is 0 Å². The third-order valence-corrected chi connectivity index (χ3v) is 7.90. The van der Waals surface area contributed by atoms with Gasteiger partial charge in [-0.2, -0.15) is 13.2 Å². The summed E-state index contributed by atoms with van der Waals surface area (Å²) in [6.45, 7) is 7.73. The van der Waals surface area contributed by atoms with E-state index in [0.29, 0.717) is 6.61 Å². The number of ether oxygens (including phenoxy) is 1. The lowest BCUT2D eigenvalue weighted by Gasteiger charge is -2.28. The van der Waals surface area contributed by atoms with Crippen LogP contribution in [0.15, 0.2) is 24.3 Å². The predicted molar refractivity (Wildman–Crippen MR) is 74.6 cm³/mol. The summed E-state index contributed by atoms with van der Waals surface area (Å²) in [5, 5.41) is 0.811. The van der Waals surface area contributed by atoms with Crippen molar-refractivity contribution in [1.29, 1.82) is 0 Å². The number of carbonyl (C=O) groups is 1. The molecule has 2 nitrogen and oxygen atoms in total. The Balaban J connectivity index is 3.01. The molecule has 0 amide bonds. The van der Waals surface area contributed by atoms with Gasteiger partial charge in [-0.1, -0.05) is 49.5 Å². The minimum absolute atomic E-state index is 0.288. The largest absolute Gasteiger partial charge is 0.466 e. The molecule has 20 heavy (non-hydrogen) atoms. The minimum atomic E-state index is -4.34. The predicted octanol–water partition coefficient (Wildman–Crippen LogP) is 3.57. The zero-order chi connectivity index (χ0) is 15.6. The van der Waals surface area contributed by atoms with Crippen LogP contribution in [0.5, 0.6) is 0 Å². The maximum atomic E-state index is 12.5. The second-order valence-corrected chi connectivity index (χ2v) is 10.2. The van der Waals surface area contributed by atoms with E-state index < -0.39 is 19.8 Å². The number of hydrogen-bond donors (Lipinski definition) is 0. The number of carbonyl (C=O) groups excluding carboxylic acids is 1. The van der Waals surface area contributed by atoms with Gasteiger partial charge >= 0.3 is 12.1 Å². The van der Waals surface area contributed by atoms with Gasteiger partial charge in [0.2, 0.25) is 0 Å². The molecule has 0 aliphatic heterocycles. The van der Waals surface area contributed by atoms with Crippen LogP contribution in [-0.2, 0) is 15.7 Å². The molecular formula is C14H19F3O2Si. The van der Waals surface area contributed by atoms with Crippen molar-refractivity contribution in [3.8, 4) is 0 Å². The fourth-order valence-electron chi connectivity index (χ4n) is 1.90. The molecule has 1 rings (SSSR count). The van der Waals surface area contributed by atoms with Crippen molar-refractivity contribution in [3.05, 3.63) is 29.8 Å². The third kappa shape index (κ3) is 3.62. The van der Waals surface area contributed by atoms with E-state index in [0.717, 1.165) is 17.3 Å². The van der Waals surface area contributed by atoms with Crippen LogP contribution in [-0.4, -0.2) is 20.7 Å². The molecule has 0 N–H and O–H groups in total. The van der Waals surface area contributed by atoms with Crippen molar-refractivity contribution in [2.24, 2.45) is 0 Å². The molecule has 0 heterocycles. The van der Waals surface area contributed by atoms with Gasteiger partial charge < -0.3 is 4.74 Å². The Kier molecular flexibility index (Phi) is 5.02. The van der Waals surface area contributed by atoms with E-state index in [9.17, 15) is 18.0 Å². The van der Waals surface area contributed by atoms with Crippen molar-refractivity contribution < 1.29 is 22.7 Å². The van der Waals surface area contributed by atoms with Crippen molar-refractivity contribution in [2.75, 3.05) is 6.61 Å². The number of rotatable bonds is 4. The van der Waals surface area contributed by atoms with E-state index in [4.69, 9.17) is 4.74 Å². The van der Waals surface area contributed by atoms with Crippen LogP contribution in [0, 0.1) is 0 Å². The molecule has 0 radical (unpaired) electrons. The van der Waals surface area contributed by atoms with Crippen LogP contribution in [0.4, 0.5) is 13.2 Å². The molecule has 0 aliphatic carbocycles. The zero-order valence-electron chi connectivity index (χ0n) is 12.0. The molecule has 6 heteroatoms. The summed E-state index contributed by atoms with van der Waals surface area (Å²) in [7, 11) is -2.21. The molecule has 0 unspecified atom stereocenters. The van der Waals surface area contributed by atoms with Crippen LogP contribution in [0.3, 0.4) is 0 Å². The van der Waals surface area contributed by atoms with E-state index in [1.807, 2.05) is 13.1 Å². The Labute approximate surface area is 118 Å². The van der Waals surface area contributed by atoms with Crippen LogP contribution in [0.25, 0.3) is 0 Å². The van der Waals surface area contributed by atoms with Gasteiger partial charge in [0.15, 0.2) is 0 Å². The molecule has 0 aromatic heterocycles. The number of hydrogen-bond acceptors (Lipinski definition) is 2. The van der Waals surface area contributed by atoms with Gasteiger partial charge in [-0.05, 0) is 6.92 Å². The second-order valence-electron chi connectivity index (χ2n) is 5.27. The van der Waals surface area contributed by atoms with Gasteiger partial charge in [-0.25, -0.2) is 0 Å². The molecule has 0 saturated heterocycles. The highest BCUT2D eigenvalue weighted by Gasteiger charge is 2.37. The van der Waals surface area contributed by atoms with E-state index >= 15 is 0 Å². The average molecular weight is 304 g/mol. The lowest BCUT2D eigenvalue weighted by molar-refractivity contribution is -0.142. The lowest BCUT2D eigenvalue weighted by Crippen LogP contribution is -2.48. The first-order valence-corrected chi connectivity index (χ1v) is 9.52. The topological polar surface area (TPSA) is 26.3 Å². The van der Waals surface area contributed by atoms with Crippen LogP contribution in [0.1, 0.15) is 19.4 Å². The highest BCUT2D eigenvalue weighted by Crippen LogP contribution is 2.29. The summed E-state index contributed by atoms with van der Waals surface area (Å²) in [5.74, 6) is -0.288. The van der Waals surface area contributed by atoms with Gasteiger partial charge in [-0.3, -0.25) is 4.79 Å². The van der Waals surface area contributed by atoms with Crippen molar-refractivity contribution in [3.63, 3.8) is 0 Å². The minimum Gasteiger partial charge on any atom is -0.466 e. The number of benzene rings is 1. The van der Waals surface area contributed by atoms with E-state index in [1.165, 1.54) is 12.1 Å². The molecule has 1 aromatic rings. The number of halogens is 3. The van der Waals surface area contributed by atoms with E-state index in [1.54, 1.807) is 13.8 Å². The maximum Gasteiger partial charge on any atom is 0.416 e. The first-order valence-electron chi connectivity index (χ1n) is 6.45. The normalized spacial score (nSPS) is 13.9. The molecule has 0 spiro atoms. The third-order valence-electron chi connectivity index (χ3n) is 3.68. The summed E-state index contributed by atoms with van der Waals surface area (Å²) in [4.78, 5) is 11.8. The molecular weight excluding hydrogens is 285 g/mol. The second kappa shape index (κ2) is 5.99. The van der Waals surface area contributed by atoms with E-state index in [-0.39, 0.29) is 11.5 Å². The monoisotopic (exact) mass is 304 g/mol. The number of alkyl halides is 3. The van der Waals surface area contributed by atoms with Crippen LogP contribution in [0.2, 0.25) is 18.6 Å². The Morgan fingerprint density at radius 3 is 2.15 bits per heavy atom. The van der Waals surface area contributed by atoms with Crippen molar-refractivity contribution in [1.82, 2.24) is 0 Å². The molecule has 0 saturated carbocycles. The lowest BCUT2D eigenvalue weighted by atomic mass is 10.2. The Morgan fingerprint density at radius 2 is 1.75 bits per heavy atom. The number of esters is 1. The van der Waals surface area contributed by atoms with E-state index in [2.05, 4.69) is 0 Å². The Bertz CT molecular complexity index is 466. The zero-order valence-corrected chi connectivity index (χ0v) is 13.0. The summed E-state index contributed by atoms with van der Waals surface area (Å²) in [6, 6.07) is 5.10. The first-order chi connectivity index (χ1) is 9.10. The molecule has 0 bridgehead atoms. The Hall–Kier alpha value is -1.30. The van der Waals surface area contributed by atoms with Gasteiger partial charge in [0.25, 0.3) is 0 Å². The maximum absolute atomic E-state index is 12.5. The average Bonchev–Trinajstić information content (AvgIpc) is 2.37. The quantitative estimate of drug-likeness (QED) is 0.628. The van der Waals surface area contributed by atoms with Gasteiger partial charge in [0.1, 0.15) is 0 Å².